The molecular weight excluding hydrogens is 215 g/mol. The van der Waals surface area contributed by atoms with Gasteiger partial charge in [0.1, 0.15) is 6.54 Å². The SMILES string of the molecule is CN(CC(F)(F)F)C(=O)[C@@H]1C[C@@H]1C(=O)O. The molecule has 2 atom stereocenters. The summed E-state index contributed by atoms with van der Waals surface area (Å²) in [7, 11) is 1.02. The number of carboxylic acid groups (broad SMARTS) is 1. The number of carbonyl (C=O) groups excluding carboxylic acids is 1. The number of hydrogen-bond acceptors (Lipinski definition) is 2. The van der Waals surface area contributed by atoms with E-state index in [1.54, 1.807) is 0 Å². The predicted octanol–water partition coefficient (Wildman–Crippen LogP) is 0.728. The Hall–Kier alpha value is -1.27. The highest BCUT2D eigenvalue weighted by molar-refractivity contribution is 5.89. The van der Waals surface area contributed by atoms with E-state index in [-0.39, 0.29) is 6.42 Å². The van der Waals surface area contributed by atoms with Crippen molar-refractivity contribution in [1.82, 2.24) is 4.90 Å². The maximum absolute atomic E-state index is 11.9. The molecule has 15 heavy (non-hydrogen) atoms. The molecule has 1 fully saturated rings. The van der Waals surface area contributed by atoms with Gasteiger partial charge in [-0.3, -0.25) is 9.59 Å². The van der Waals surface area contributed by atoms with Gasteiger partial charge in [0.05, 0.1) is 11.8 Å². The molecule has 0 spiro atoms. The standard InChI is InChI=1S/C8H10F3NO3/c1-12(3-8(9,10)11)6(13)4-2-5(4)7(14)15/h4-5H,2-3H2,1H3,(H,14,15)/t4-,5+/m1/s1. The minimum Gasteiger partial charge on any atom is -0.481 e. The lowest BCUT2D eigenvalue weighted by molar-refractivity contribution is -0.159. The summed E-state index contributed by atoms with van der Waals surface area (Å²) in [6.45, 7) is -1.34. The molecule has 0 unspecified atom stereocenters. The first kappa shape index (κ1) is 11.8. The number of alkyl halides is 3. The van der Waals surface area contributed by atoms with Crippen LogP contribution in [0.2, 0.25) is 0 Å². The second-order valence-corrected chi connectivity index (χ2v) is 3.60. The molecule has 0 saturated heterocycles. The molecule has 0 aromatic heterocycles. The molecule has 0 heterocycles. The topological polar surface area (TPSA) is 57.6 Å². The van der Waals surface area contributed by atoms with Crippen LogP contribution < -0.4 is 0 Å². The van der Waals surface area contributed by atoms with Crippen LogP contribution >= 0.6 is 0 Å². The minimum absolute atomic E-state index is 0.135. The van der Waals surface area contributed by atoms with Gasteiger partial charge in [-0.15, -0.1) is 0 Å². The van der Waals surface area contributed by atoms with Crippen LogP contribution in [0.5, 0.6) is 0 Å². The van der Waals surface area contributed by atoms with Crippen molar-refractivity contribution in [3.8, 4) is 0 Å². The fraction of sp³-hybridized carbons (Fsp3) is 0.750. The maximum atomic E-state index is 11.9. The van der Waals surface area contributed by atoms with Crippen molar-refractivity contribution in [2.24, 2.45) is 11.8 Å². The Morgan fingerprint density at radius 3 is 2.27 bits per heavy atom. The van der Waals surface area contributed by atoms with Gasteiger partial charge in [0.15, 0.2) is 0 Å². The smallest absolute Gasteiger partial charge is 0.406 e. The first-order valence-corrected chi connectivity index (χ1v) is 4.27. The minimum atomic E-state index is -4.45. The van der Waals surface area contributed by atoms with E-state index in [0.29, 0.717) is 4.90 Å². The van der Waals surface area contributed by atoms with E-state index in [1.165, 1.54) is 0 Å². The third-order valence-corrected chi connectivity index (χ3v) is 2.22. The lowest BCUT2D eigenvalue weighted by atomic mass is 10.3. The number of carbonyl (C=O) groups is 2. The van der Waals surface area contributed by atoms with E-state index in [4.69, 9.17) is 5.11 Å². The summed E-state index contributed by atoms with van der Waals surface area (Å²) >= 11 is 0. The van der Waals surface area contributed by atoms with Gasteiger partial charge >= 0.3 is 12.1 Å². The van der Waals surface area contributed by atoms with Gasteiger partial charge in [0, 0.05) is 7.05 Å². The molecule has 1 rings (SSSR count). The lowest BCUT2D eigenvalue weighted by Gasteiger charge is -2.18. The number of aliphatic carboxylic acids is 1. The molecule has 0 aromatic carbocycles. The summed E-state index contributed by atoms with van der Waals surface area (Å²) < 4.78 is 35.7. The van der Waals surface area contributed by atoms with Gasteiger partial charge in [-0.2, -0.15) is 13.2 Å². The van der Waals surface area contributed by atoms with Crippen LogP contribution in [-0.2, 0) is 9.59 Å². The second kappa shape index (κ2) is 3.71. The molecular formula is C8H10F3NO3. The molecule has 1 N–H and O–H groups in total. The largest absolute Gasteiger partial charge is 0.481 e. The number of rotatable bonds is 3. The normalized spacial score (nSPS) is 24.8. The van der Waals surface area contributed by atoms with E-state index in [1.807, 2.05) is 0 Å². The van der Waals surface area contributed by atoms with E-state index in [2.05, 4.69) is 0 Å². The molecule has 7 heteroatoms. The molecule has 0 radical (unpaired) electrons. The van der Waals surface area contributed by atoms with Crippen molar-refractivity contribution in [3.63, 3.8) is 0 Å². The Morgan fingerprint density at radius 1 is 1.40 bits per heavy atom. The zero-order valence-electron chi connectivity index (χ0n) is 7.91. The predicted molar refractivity (Wildman–Crippen MR) is 42.9 cm³/mol. The van der Waals surface area contributed by atoms with Crippen molar-refractivity contribution in [2.75, 3.05) is 13.6 Å². The molecule has 1 aliphatic rings. The van der Waals surface area contributed by atoms with Crippen LogP contribution in [0.3, 0.4) is 0 Å². The first-order valence-electron chi connectivity index (χ1n) is 4.27. The molecule has 1 aliphatic carbocycles. The van der Waals surface area contributed by atoms with Gasteiger partial charge in [0.25, 0.3) is 0 Å². The second-order valence-electron chi connectivity index (χ2n) is 3.60. The van der Waals surface area contributed by atoms with Crippen LogP contribution in [0.4, 0.5) is 13.2 Å². The highest BCUT2D eigenvalue weighted by Gasteiger charge is 2.50. The van der Waals surface area contributed by atoms with Crippen molar-refractivity contribution >= 4 is 11.9 Å². The van der Waals surface area contributed by atoms with E-state index >= 15 is 0 Å². The Kier molecular flexibility index (Phi) is 2.92. The number of halogens is 3. The van der Waals surface area contributed by atoms with Crippen LogP contribution in [0.15, 0.2) is 0 Å². The number of hydrogen-bond donors (Lipinski definition) is 1. The van der Waals surface area contributed by atoms with Crippen LogP contribution in [0.25, 0.3) is 0 Å². The summed E-state index contributed by atoms with van der Waals surface area (Å²) in [4.78, 5) is 22.2. The fourth-order valence-electron chi connectivity index (χ4n) is 1.37. The van der Waals surface area contributed by atoms with Gasteiger partial charge in [0.2, 0.25) is 5.91 Å². The average Bonchev–Trinajstić information content (AvgIpc) is 2.77. The van der Waals surface area contributed by atoms with Crippen LogP contribution in [0, 0.1) is 11.8 Å². The average molecular weight is 225 g/mol. The van der Waals surface area contributed by atoms with Crippen LogP contribution in [0.1, 0.15) is 6.42 Å². The summed E-state index contributed by atoms with van der Waals surface area (Å²) in [5.74, 6) is -3.48. The van der Waals surface area contributed by atoms with Crippen molar-refractivity contribution in [2.45, 2.75) is 12.6 Å². The van der Waals surface area contributed by atoms with Gasteiger partial charge in [-0.1, -0.05) is 0 Å². The summed E-state index contributed by atoms with van der Waals surface area (Å²) in [5, 5.41) is 8.49. The summed E-state index contributed by atoms with van der Waals surface area (Å²) in [6.07, 6.45) is -4.31. The van der Waals surface area contributed by atoms with E-state index in [0.717, 1.165) is 7.05 Å². The third kappa shape index (κ3) is 3.10. The lowest BCUT2D eigenvalue weighted by Crippen LogP contribution is -2.37. The van der Waals surface area contributed by atoms with Crippen molar-refractivity contribution in [3.05, 3.63) is 0 Å². The number of carboxylic acids is 1. The Bertz CT molecular complexity index is 289. The summed E-state index contributed by atoms with van der Waals surface area (Å²) in [6, 6.07) is 0. The first-order chi connectivity index (χ1) is 6.72. The zero-order chi connectivity index (χ0) is 11.8. The molecule has 86 valence electrons. The maximum Gasteiger partial charge on any atom is 0.406 e. The Labute approximate surface area is 83.7 Å². The molecule has 0 aromatic rings. The Morgan fingerprint density at radius 2 is 1.93 bits per heavy atom. The molecule has 1 saturated carbocycles. The number of amides is 1. The highest BCUT2D eigenvalue weighted by atomic mass is 19.4. The van der Waals surface area contributed by atoms with Crippen LogP contribution in [-0.4, -0.2) is 41.7 Å². The van der Waals surface area contributed by atoms with Crippen molar-refractivity contribution in [1.29, 1.82) is 0 Å². The summed E-state index contributed by atoms with van der Waals surface area (Å²) in [5.41, 5.74) is 0. The molecule has 0 bridgehead atoms. The van der Waals surface area contributed by atoms with Gasteiger partial charge < -0.3 is 10.0 Å². The quantitative estimate of drug-likeness (QED) is 0.770. The monoisotopic (exact) mass is 225 g/mol. The van der Waals surface area contributed by atoms with E-state index in [9.17, 15) is 22.8 Å². The molecule has 0 aliphatic heterocycles. The third-order valence-electron chi connectivity index (χ3n) is 2.22. The molecule has 1 amide bonds. The Balaban J connectivity index is 2.46. The highest BCUT2D eigenvalue weighted by Crippen LogP contribution is 2.40. The van der Waals surface area contributed by atoms with E-state index < -0.39 is 36.4 Å². The van der Waals surface area contributed by atoms with Gasteiger partial charge in [-0.05, 0) is 6.42 Å². The van der Waals surface area contributed by atoms with Crippen molar-refractivity contribution < 1.29 is 27.9 Å². The number of nitrogens with zero attached hydrogens (tertiary/aromatic N) is 1. The zero-order valence-corrected chi connectivity index (χ0v) is 7.91. The fourth-order valence-corrected chi connectivity index (χ4v) is 1.37. The van der Waals surface area contributed by atoms with Gasteiger partial charge in [-0.25, -0.2) is 0 Å². The molecule has 4 nitrogen and oxygen atoms in total.